The quantitative estimate of drug-likeness (QED) is 0.424. The van der Waals surface area contributed by atoms with E-state index in [1.807, 2.05) is 0 Å². The van der Waals surface area contributed by atoms with Crippen molar-refractivity contribution in [3.8, 4) is 0 Å². The van der Waals surface area contributed by atoms with E-state index in [-0.39, 0.29) is 57.0 Å². The first-order valence-electron chi connectivity index (χ1n) is 2.42. The molecule has 8 N–H and O–H groups in total. The van der Waals surface area contributed by atoms with Crippen molar-refractivity contribution in [3.05, 3.63) is 30.1 Å². The van der Waals surface area contributed by atoms with Gasteiger partial charge in [-0.3, -0.25) is 4.98 Å². The second kappa shape index (κ2) is 15.0. The summed E-state index contributed by atoms with van der Waals surface area (Å²) in [4.78, 5) is 13.7. The zero-order valence-corrected chi connectivity index (χ0v) is 9.57. The average molecular weight is 217 g/mol. The first-order chi connectivity index (χ1) is 4.30. The minimum Gasteiger partial charge on any atom is -0.545 e. The smallest absolute Gasteiger partial charge is 0.545 e. The van der Waals surface area contributed by atoms with Crippen LogP contribution in [0.1, 0.15) is 10.4 Å². The molecule has 0 aromatic carbocycles. The molecule has 1 heterocycles. The number of aromatic nitrogens is 1. The Morgan fingerprint density at radius 2 is 1.43 bits per heavy atom. The number of hydrogen-bond acceptors (Lipinski definition) is 3. The normalized spacial score (nSPS) is 5.71. The van der Waals surface area contributed by atoms with E-state index in [1.165, 1.54) is 24.5 Å². The molecule has 0 aliphatic carbocycles. The summed E-state index contributed by atoms with van der Waals surface area (Å²) in [6.07, 6.45) is 2.82. The second-order valence-electron chi connectivity index (χ2n) is 1.52. The molecule has 0 radical (unpaired) electrons. The van der Waals surface area contributed by atoms with Crippen molar-refractivity contribution in [1.82, 2.24) is 4.98 Å². The maximum Gasteiger partial charge on any atom is 1.00 e. The predicted octanol–water partition coefficient (Wildman–Crippen LogP) is -6.85. The van der Waals surface area contributed by atoms with E-state index in [9.17, 15) is 9.90 Å². The molecule has 78 valence electrons. The fourth-order valence-electron chi connectivity index (χ4n) is 0.488. The van der Waals surface area contributed by atoms with Crippen LogP contribution in [0.5, 0.6) is 0 Å². The van der Waals surface area contributed by atoms with Crippen molar-refractivity contribution in [3.63, 3.8) is 0 Å². The molecular weight excluding hydrogens is 205 g/mol. The van der Waals surface area contributed by atoms with Gasteiger partial charge in [0.2, 0.25) is 0 Å². The summed E-state index contributed by atoms with van der Waals surface area (Å²) in [7, 11) is 0. The van der Waals surface area contributed by atoms with E-state index in [4.69, 9.17) is 0 Å². The number of nitrogens with zero attached hydrogens (tertiary/aromatic N) is 1. The van der Waals surface area contributed by atoms with E-state index < -0.39 is 5.97 Å². The van der Waals surface area contributed by atoms with Crippen LogP contribution in [0.2, 0.25) is 0 Å². The molecule has 8 heteroatoms. The van der Waals surface area contributed by atoms with Gasteiger partial charge in [-0.1, -0.05) is 0 Å². The van der Waals surface area contributed by atoms with Crippen LogP contribution in [0.4, 0.5) is 0 Å². The van der Waals surface area contributed by atoms with Crippen molar-refractivity contribution in [2.45, 2.75) is 0 Å². The number of carboxylic acid groups (broad SMARTS) is 1. The number of pyridine rings is 1. The van der Waals surface area contributed by atoms with Crippen LogP contribution in [0.25, 0.3) is 0 Å². The molecule has 0 saturated heterocycles. The van der Waals surface area contributed by atoms with Gasteiger partial charge in [-0.05, 0) is 12.1 Å². The standard InChI is InChI=1S/C6H5NO2.Na.4H2O/c8-6(9)5-1-3-7-4-2-5;;;;;/h1-4H,(H,8,9);;4*1H2/q;+1;;;;/p-1. The van der Waals surface area contributed by atoms with Crippen LogP contribution in [-0.4, -0.2) is 32.9 Å². The Bertz CT molecular complexity index is 219. The third kappa shape index (κ3) is 9.55. The van der Waals surface area contributed by atoms with Crippen LogP contribution in [0.3, 0.4) is 0 Å². The molecule has 7 nitrogen and oxygen atoms in total. The van der Waals surface area contributed by atoms with Crippen LogP contribution < -0.4 is 34.7 Å². The van der Waals surface area contributed by atoms with Crippen LogP contribution in [0, 0.1) is 0 Å². The summed E-state index contributed by atoms with van der Waals surface area (Å²) < 4.78 is 0. The second-order valence-corrected chi connectivity index (χ2v) is 1.52. The molecule has 0 unspecified atom stereocenters. The Morgan fingerprint density at radius 3 is 1.64 bits per heavy atom. The third-order valence-electron chi connectivity index (χ3n) is 0.916. The molecular formula is C6H12NNaO6. The molecule has 0 spiro atoms. The van der Waals surface area contributed by atoms with E-state index in [0.29, 0.717) is 0 Å². The Hall–Kier alpha value is -0.540. The predicted molar refractivity (Wildman–Crippen MR) is 43.0 cm³/mol. The zero-order chi connectivity index (χ0) is 6.69. The molecule has 0 saturated carbocycles. The number of hydrogen-bond donors (Lipinski definition) is 0. The molecule has 1 aromatic rings. The molecule has 0 fully saturated rings. The van der Waals surface area contributed by atoms with Gasteiger partial charge in [-0.15, -0.1) is 0 Å². The maximum absolute atomic E-state index is 10.1. The summed E-state index contributed by atoms with van der Waals surface area (Å²) >= 11 is 0. The van der Waals surface area contributed by atoms with Crippen LogP contribution >= 0.6 is 0 Å². The molecule has 0 aliphatic heterocycles. The fraction of sp³-hybridized carbons (Fsp3) is 0. The van der Waals surface area contributed by atoms with Crippen molar-refractivity contribution in [2.24, 2.45) is 0 Å². The van der Waals surface area contributed by atoms with E-state index in [1.54, 1.807) is 0 Å². The minimum atomic E-state index is -1.17. The van der Waals surface area contributed by atoms with Crippen LogP contribution in [-0.2, 0) is 0 Å². The van der Waals surface area contributed by atoms with Gasteiger partial charge in [-0.25, -0.2) is 0 Å². The first-order valence-corrected chi connectivity index (χ1v) is 2.42. The van der Waals surface area contributed by atoms with Crippen molar-refractivity contribution in [1.29, 1.82) is 0 Å². The molecule has 14 heavy (non-hydrogen) atoms. The van der Waals surface area contributed by atoms with E-state index in [0.717, 1.165) is 0 Å². The summed E-state index contributed by atoms with van der Waals surface area (Å²) in [5.74, 6) is -1.17. The van der Waals surface area contributed by atoms with E-state index >= 15 is 0 Å². The summed E-state index contributed by atoms with van der Waals surface area (Å²) in [5, 5.41) is 10.1. The largest absolute Gasteiger partial charge is 1.00 e. The summed E-state index contributed by atoms with van der Waals surface area (Å²) in [5.41, 5.74) is 0.157. The Morgan fingerprint density at radius 1 is 1.07 bits per heavy atom. The zero-order valence-electron chi connectivity index (χ0n) is 7.57. The maximum atomic E-state index is 10.1. The van der Waals surface area contributed by atoms with Crippen molar-refractivity contribution < 1.29 is 61.4 Å². The first kappa shape index (κ1) is 29.2. The van der Waals surface area contributed by atoms with Gasteiger partial charge in [0.05, 0.1) is 5.97 Å². The summed E-state index contributed by atoms with van der Waals surface area (Å²) in [6, 6.07) is 2.77. The van der Waals surface area contributed by atoms with Gasteiger partial charge in [0, 0.05) is 18.0 Å². The Labute approximate surface area is 102 Å². The molecule has 1 aromatic heterocycles. The number of carbonyl (C=O) groups is 1. The molecule has 0 bridgehead atoms. The number of carbonyl (C=O) groups excluding carboxylic acids is 1. The van der Waals surface area contributed by atoms with E-state index in [2.05, 4.69) is 4.98 Å². The number of carboxylic acids is 1. The monoisotopic (exact) mass is 217 g/mol. The number of aromatic carboxylic acids is 1. The summed E-state index contributed by atoms with van der Waals surface area (Å²) in [6.45, 7) is 0. The SMILES string of the molecule is O.O.O.O.O=C([O-])c1ccncc1.[Na+]. The van der Waals surface area contributed by atoms with Gasteiger partial charge in [0.25, 0.3) is 0 Å². The van der Waals surface area contributed by atoms with Crippen LogP contribution in [0.15, 0.2) is 24.5 Å². The van der Waals surface area contributed by atoms with Crippen molar-refractivity contribution >= 4 is 5.97 Å². The third-order valence-corrected chi connectivity index (χ3v) is 0.916. The van der Waals surface area contributed by atoms with Crippen molar-refractivity contribution in [2.75, 3.05) is 0 Å². The molecule has 0 amide bonds. The number of rotatable bonds is 1. The minimum absolute atomic E-state index is 0. The van der Waals surface area contributed by atoms with Gasteiger partial charge < -0.3 is 31.8 Å². The fourth-order valence-corrected chi connectivity index (χ4v) is 0.488. The van der Waals surface area contributed by atoms with Gasteiger partial charge in [-0.2, -0.15) is 0 Å². The Balaban J connectivity index is -0.0000000540. The molecule has 0 aliphatic rings. The Kier molecular flexibility index (Phi) is 31.2. The van der Waals surface area contributed by atoms with Gasteiger partial charge >= 0.3 is 29.6 Å². The van der Waals surface area contributed by atoms with Gasteiger partial charge in [0.15, 0.2) is 0 Å². The topological polar surface area (TPSA) is 179 Å². The molecule has 0 atom stereocenters. The molecule has 1 rings (SSSR count). The van der Waals surface area contributed by atoms with Gasteiger partial charge in [0.1, 0.15) is 0 Å². The average Bonchev–Trinajstić information content (AvgIpc) is 1.90.